The minimum absolute atomic E-state index is 0.0301. The summed E-state index contributed by atoms with van der Waals surface area (Å²) >= 11 is 0. The maximum absolute atomic E-state index is 13.4. The first-order valence-corrected chi connectivity index (χ1v) is 10.7. The number of hydrogen-bond donors (Lipinski definition) is 2. The average molecular weight is 426 g/mol. The van der Waals surface area contributed by atoms with Gasteiger partial charge in [-0.05, 0) is 62.4 Å². The number of aromatic amines is 1. The standard InChI is InChI=1S/C21H19FN4O3S/c1-13(2)29-16-6-7-19-18(12-16)21(25-24-19)14-8-9-23-20(10-14)26-30(27,28)17-5-3-4-15(22)11-17/h3-13H,1-2H3,(H,23,26)(H,24,25). The Labute approximate surface area is 173 Å². The number of hydrogen-bond acceptors (Lipinski definition) is 5. The number of sulfonamides is 1. The Hall–Kier alpha value is -3.46. The lowest BCUT2D eigenvalue weighted by Gasteiger charge is -2.10. The van der Waals surface area contributed by atoms with Crippen LogP contribution in [0.5, 0.6) is 5.75 Å². The fourth-order valence-electron chi connectivity index (χ4n) is 3.02. The van der Waals surface area contributed by atoms with Crippen molar-refractivity contribution in [1.29, 1.82) is 0 Å². The largest absolute Gasteiger partial charge is 0.491 e. The molecule has 0 atom stereocenters. The van der Waals surface area contributed by atoms with Gasteiger partial charge < -0.3 is 4.74 Å². The molecular formula is C21H19FN4O3S. The first-order valence-electron chi connectivity index (χ1n) is 9.21. The highest BCUT2D eigenvalue weighted by Gasteiger charge is 2.17. The molecule has 0 amide bonds. The van der Waals surface area contributed by atoms with E-state index in [9.17, 15) is 12.8 Å². The van der Waals surface area contributed by atoms with Crippen LogP contribution in [0.3, 0.4) is 0 Å². The van der Waals surface area contributed by atoms with Crippen molar-refractivity contribution >= 4 is 26.7 Å². The van der Waals surface area contributed by atoms with Gasteiger partial charge in [0, 0.05) is 17.1 Å². The molecule has 9 heteroatoms. The van der Waals surface area contributed by atoms with E-state index in [0.29, 0.717) is 17.0 Å². The van der Waals surface area contributed by atoms with E-state index in [1.807, 2.05) is 32.0 Å². The second kappa shape index (κ2) is 7.75. The van der Waals surface area contributed by atoms with Crippen LogP contribution in [0.1, 0.15) is 13.8 Å². The summed E-state index contributed by atoms with van der Waals surface area (Å²) in [6.45, 7) is 3.89. The molecule has 0 spiro atoms. The predicted molar refractivity (Wildman–Crippen MR) is 112 cm³/mol. The third-order valence-electron chi connectivity index (χ3n) is 4.28. The molecule has 0 aliphatic rings. The van der Waals surface area contributed by atoms with Gasteiger partial charge in [0.1, 0.15) is 23.1 Å². The van der Waals surface area contributed by atoms with Gasteiger partial charge in [-0.3, -0.25) is 9.82 Å². The first kappa shape index (κ1) is 19.8. The van der Waals surface area contributed by atoms with Gasteiger partial charge in [0.2, 0.25) is 0 Å². The van der Waals surface area contributed by atoms with E-state index < -0.39 is 15.8 Å². The fourth-order valence-corrected chi connectivity index (χ4v) is 4.05. The van der Waals surface area contributed by atoms with E-state index in [4.69, 9.17) is 4.74 Å². The highest BCUT2D eigenvalue weighted by molar-refractivity contribution is 7.92. The molecule has 7 nitrogen and oxygen atoms in total. The molecule has 2 aromatic heterocycles. The topological polar surface area (TPSA) is 97.0 Å². The number of fused-ring (bicyclic) bond motifs is 1. The average Bonchev–Trinajstić information content (AvgIpc) is 3.11. The van der Waals surface area contributed by atoms with Crippen molar-refractivity contribution in [3.05, 3.63) is 66.6 Å². The number of benzene rings is 2. The number of pyridine rings is 1. The first-order chi connectivity index (χ1) is 14.3. The zero-order valence-corrected chi connectivity index (χ0v) is 17.1. The molecule has 0 bridgehead atoms. The van der Waals surface area contributed by atoms with Crippen LogP contribution in [-0.2, 0) is 10.0 Å². The van der Waals surface area contributed by atoms with Crippen molar-refractivity contribution in [2.24, 2.45) is 0 Å². The molecule has 4 rings (SSSR count). The van der Waals surface area contributed by atoms with E-state index in [1.165, 1.54) is 24.4 Å². The van der Waals surface area contributed by atoms with Gasteiger partial charge in [-0.2, -0.15) is 5.10 Å². The summed E-state index contributed by atoms with van der Waals surface area (Å²) in [6.07, 6.45) is 1.51. The minimum atomic E-state index is -3.98. The van der Waals surface area contributed by atoms with Crippen molar-refractivity contribution in [2.75, 3.05) is 4.72 Å². The van der Waals surface area contributed by atoms with Crippen molar-refractivity contribution < 1.29 is 17.5 Å². The van der Waals surface area contributed by atoms with Gasteiger partial charge in [0.15, 0.2) is 0 Å². The van der Waals surface area contributed by atoms with Crippen LogP contribution < -0.4 is 9.46 Å². The number of anilines is 1. The van der Waals surface area contributed by atoms with Gasteiger partial charge in [-0.25, -0.2) is 17.8 Å². The molecule has 154 valence electrons. The summed E-state index contributed by atoms with van der Waals surface area (Å²) in [6, 6.07) is 13.7. The summed E-state index contributed by atoms with van der Waals surface area (Å²) in [4.78, 5) is 3.89. The summed E-state index contributed by atoms with van der Waals surface area (Å²) in [5, 5.41) is 8.15. The van der Waals surface area contributed by atoms with E-state index in [1.54, 1.807) is 12.1 Å². The third kappa shape index (κ3) is 4.11. The van der Waals surface area contributed by atoms with Crippen molar-refractivity contribution in [3.63, 3.8) is 0 Å². The highest BCUT2D eigenvalue weighted by Crippen LogP contribution is 2.30. The maximum Gasteiger partial charge on any atom is 0.263 e. The molecule has 30 heavy (non-hydrogen) atoms. The molecule has 4 aromatic rings. The lowest BCUT2D eigenvalue weighted by atomic mass is 10.1. The van der Waals surface area contributed by atoms with E-state index in [0.717, 1.165) is 17.0 Å². The Morgan fingerprint density at radius 1 is 1.10 bits per heavy atom. The Bertz CT molecular complexity index is 1320. The van der Waals surface area contributed by atoms with E-state index >= 15 is 0 Å². The zero-order valence-electron chi connectivity index (χ0n) is 16.3. The number of H-pyrrole nitrogens is 1. The molecule has 0 aliphatic heterocycles. The van der Waals surface area contributed by atoms with Gasteiger partial charge in [-0.1, -0.05) is 6.07 Å². The normalized spacial score (nSPS) is 11.7. The molecule has 2 N–H and O–H groups in total. The number of nitrogens with zero attached hydrogens (tertiary/aromatic N) is 2. The van der Waals surface area contributed by atoms with Gasteiger partial charge in [0.25, 0.3) is 10.0 Å². The Balaban J connectivity index is 1.68. The molecule has 2 heterocycles. The smallest absolute Gasteiger partial charge is 0.263 e. The van der Waals surface area contributed by atoms with Gasteiger partial charge >= 0.3 is 0 Å². The third-order valence-corrected chi connectivity index (χ3v) is 5.64. The molecule has 0 unspecified atom stereocenters. The number of ether oxygens (including phenoxy) is 1. The summed E-state index contributed by atoms with van der Waals surface area (Å²) in [7, 11) is -3.98. The van der Waals surface area contributed by atoms with Crippen molar-refractivity contribution in [2.45, 2.75) is 24.8 Å². The Morgan fingerprint density at radius 3 is 2.70 bits per heavy atom. The second-order valence-corrected chi connectivity index (χ2v) is 8.62. The van der Waals surface area contributed by atoms with Crippen molar-refractivity contribution in [3.8, 4) is 17.0 Å². The second-order valence-electron chi connectivity index (χ2n) is 6.94. The van der Waals surface area contributed by atoms with Gasteiger partial charge in [0.05, 0.1) is 16.5 Å². The van der Waals surface area contributed by atoms with Crippen LogP contribution in [0.4, 0.5) is 10.2 Å². The van der Waals surface area contributed by atoms with E-state index in [2.05, 4.69) is 19.9 Å². The molecule has 0 saturated carbocycles. The number of aromatic nitrogens is 3. The molecule has 0 aliphatic carbocycles. The van der Waals surface area contributed by atoms with Crippen molar-refractivity contribution in [1.82, 2.24) is 15.2 Å². The van der Waals surface area contributed by atoms with Gasteiger partial charge in [-0.15, -0.1) is 0 Å². The van der Waals surface area contributed by atoms with Crippen LogP contribution in [0.2, 0.25) is 0 Å². The lowest BCUT2D eigenvalue weighted by molar-refractivity contribution is 0.243. The minimum Gasteiger partial charge on any atom is -0.491 e. The molecule has 2 aromatic carbocycles. The predicted octanol–water partition coefficient (Wildman–Crippen LogP) is 4.35. The number of nitrogens with one attached hydrogen (secondary N) is 2. The monoisotopic (exact) mass is 426 g/mol. The molecule has 0 fully saturated rings. The SMILES string of the molecule is CC(C)Oc1ccc2[nH]nc(-c3ccnc(NS(=O)(=O)c4cccc(F)c4)c3)c2c1. The zero-order chi connectivity index (χ0) is 21.3. The van der Waals surface area contributed by atoms with Crippen LogP contribution in [0, 0.1) is 5.82 Å². The number of halogens is 1. The fraction of sp³-hybridized carbons (Fsp3) is 0.143. The summed E-state index contributed by atoms with van der Waals surface area (Å²) in [5.41, 5.74) is 2.11. The molecular weight excluding hydrogens is 407 g/mol. The Morgan fingerprint density at radius 2 is 1.93 bits per heavy atom. The van der Waals surface area contributed by atoms with E-state index in [-0.39, 0.29) is 16.8 Å². The van der Waals surface area contributed by atoms with Crippen LogP contribution in [-0.4, -0.2) is 29.7 Å². The molecule has 0 radical (unpaired) electrons. The Kier molecular flexibility index (Phi) is 5.13. The van der Waals surface area contributed by atoms with Crippen LogP contribution in [0.25, 0.3) is 22.2 Å². The highest BCUT2D eigenvalue weighted by atomic mass is 32.2. The van der Waals surface area contributed by atoms with Crippen LogP contribution in [0.15, 0.2) is 65.7 Å². The molecule has 0 saturated heterocycles. The lowest BCUT2D eigenvalue weighted by Crippen LogP contribution is -2.14. The maximum atomic E-state index is 13.4. The summed E-state index contributed by atoms with van der Waals surface area (Å²) in [5.74, 6) is 0.172. The van der Waals surface area contributed by atoms with Crippen LogP contribution >= 0.6 is 0 Å². The summed E-state index contributed by atoms with van der Waals surface area (Å²) < 4.78 is 46.7. The quantitative estimate of drug-likeness (QED) is 0.478. The number of rotatable bonds is 6.